The van der Waals surface area contributed by atoms with Crippen molar-refractivity contribution in [2.75, 3.05) is 5.88 Å². The Morgan fingerprint density at radius 2 is 2.50 bits per heavy atom. The molecule has 0 saturated carbocycles. The largest absolute Gasteiger partial charge is 0.149 e. The fourth-order valence-corrected chi connectivity index (χ4v) is 1.97. The molecule has 2 heteroatoms. The van der Waals surface area contributed by atoms with E-state index in [0.717, 1.165) is 18.7 Å². The van der Waals surface area contributed by atoms with Crippen molar-refractivity contribution in [1.29, 1.82) is 0 Å². The number of rotatable bonds is 4. The van der Waals surface area contributed by atoms with Crippen LogP contribution in [0, 0.1) is 0 Å². The lowest BCUT2D eigenvalue weighted by atomic mass is 10.1. The summed E-state index contributed by atoms with van der Waals surface area (Å²) in [6, 6.07) is 4.26. The van der Waals surface area contributed by atoms with Crippen molar-refractivity contribution >= 4 is 22.9 Å². The number of hydrogen-bond donors (Lipinski definition) is 0. The number of alkyl halides is 1. The van der Waals surface area contributed by atoms with Crippen molar-refractivity contribution in [2.45, 2.75) is 19.8 Å². The summed E-state index contributed by atoms with van der Waals surface area (Å²) in [5.41, 5.74) is 1.41. The first kappa shape index (κ1) is 9.82. The smallest absolute Gasteiger partial charge is 0.0258 e. The summed E-state index contributed by atoms with van der Waals surface area (Å²) in [6.07, 6.45) is 4.28. The molecule has 66 valence electrons. The molecule has 0 unspecified atom stereocenters. The zero-order chi connectivity index (χ0) is 8.81. The second-order valence-corrected chi connectivity index (χ2v) is 4.19. The average Bonchev–Trinajstić information content (AvgIpc) is 2.53. The Morgan fingerprint density at radius 1 is 1.67 bits per heavy atom. The van der Waals surface area contributed by atoms with Gasteiger partial charge in [-0.2, -0.15) is 0 Å². The van der Waals surface area contributed by atoms with E-state index >= 15 is 0 Å². The van der Waals surface area contributed by atoms with Crippen molar-refractivity contribution < 1.29 is 0 Å². The maximum Gasteiger partial charge on any atom is 0.0258 e. The van der Waals surface area contributed by atoms with E-state index in [9.17, 15) is 0 Å². The molecule has 0 aliphatic heterocycles. The van der Waals surface area contributed by atoms with Gasteiger partial charge in [0.1, 0.15) is 0 Å². The lowest BCUT2D eigenvalue weighted by Gasteiger charge is -1.96. The van der Waals surface area contributed by atoms with E-state index in [-0.39, 0.29) is 0 Å². The topological polar surface area (TPSA) is 0 Å². The quantitative estimate of drug-likeness (QED) is 0.512. The summed E-state index contributed by atoms with van der Waals surface area (Å²) >= 11 is 7.40. The molecule has 0 radical (unpaired) electrons. The van der Waals surface area contributed by atoms with Gasteiger partial charge in [-0.3, -0.25) is 0 Å². The highest BCUT2D eigenvalue weighted by atomic mass is 35.5. The molecule has 0 N–H and O–H groups in total. The van der Waals surface area contributed by atoms with E-state index in [1.165, 1.54) is 10.5 Å². The van der Waals surface area contributed by atoms with Crippen LogP contribution in [-0.2, 0) is 6.42 Å². The molecule has 0 saturated heterocycles. The summed E-state index contributed by atoms with van der Waals surface area (Å²) in [4.78, 5) is 1.43. The molecular weight excluding hydrogens is 188 g/mol. The molecule has 0 nitrogen and oxygen atoms in total. The molecule has 0 fully saturated rings. The van der Waals surface area contributed by atoms with Crippen molar-refractivity contribution in [3.8, 4) is 0 Å². The molecule has 0 atom stereocenters. The highest BCUT2D eigenvalue weighted by Crippen LogP contribution is 2.13. The van der Waals surface area contributed by atoms with Crippen molar-refractivity contribution in [2.24, 2.45) is 0 Å². The van der Waals surface area contributed by atoms with Crippen molar-refractivity contribution in [1.82, 2.24) is 0 Å². The maximum atomic E-state index is 5.59. The average molecular weight is 201 g/mol. The third kappa shape index (κ3) is 3.42. The Bertz CT molecular complexity index is 236. The third-order valence-corrected chi connectivity index (χ3v) is 2.73. The van der Waals surface area contributed by atoms with Crippen LogP contribution in [0.15, 0.2) is 29.2 Å². The van der Waals surface area contributed by atoms with Crippen LogP contribution in [0.3, 0.4) is 0 Å². The van der Waals surface area contributed by atoms with Gasteiger partial charge in [-0.15, -0.1) is 22.9 Å². The molecule has 0 spiro atoms. The zero-order valence-corrected chi connectivity index (χ0v) is 8.79. The van der Waals surface area contributed by atoms with Gasteiger partial charge >= 0.3 is 0 Å². The van der Waals surface area contributed by atoms with Crippen LogP contribution in [-0.4, -0.2) is 5.88 Å². The summed E-state index contributed by atoms with van der Waals surface area (Å²) in [7, 11) is 0. The fourth-order valence-electron chi connectivity index (χ4n) is 1.06. The first-order valence-corrected chi connectivity index (χ1v) is 5.48. The summed E-state index contributed by atoms with van der Waals surface area (Å²) < 4.78 is 0. The lowest BCUT2D eigenvalue weighted by Crippen LogP contribution is -1.82. The van der Waals surface area contributed by atoms with Gasteiger partial charge in [0.05, 0.1) is 0 Å². The number of allylic oxidation sites excluding steroid dienone is 2. The standard InChI is InChI=1S/C10H13ClS/c1-9(4-2-6-11)8-10-5-3-7-12-10/h3-5,7H,2,6,8H2,1H3. The molecule has 0 aliphatic carbocycles. The second-order valence-electron chi connectivity index (χ2n) is 2.78. The summed E-state index contributed by atoms with van der Waals surface area (Å²) in [6.45, 7) is 2.16. The Balaban J connectivity index is 2.41. The first-order chi connectivity index (χ1) is 5.83. The molecule has 0 amide bonds. The molecule has 12 heavy (non-hydrogen) atoms. The molecule has 0 aliphatic rings. The molecular formula is C10H13ClS. The van der Waals surface area contributed by atoms with E-state index in [1.54, 1.807) is 0 Å². The number of thiophene rings is 1. The van der Waals surface area contributed by atoms with E-state index < -0.39 is 0 Å². The summed E-state index contributed by atoms with van der Waals surface area (Å²) in [5.74, 6) is 0.724. The minimum Gasteiger partial charge on any atom is -0.149 e. The molecule has 1 rings (SSSR count). The van der Waals surface area contributed by atoms with Gasteiger partial charge in [0.15, 0.2) is 0 Å². The molecule has 1 heterocycles. The first-order valence-electron chi connectivity index (χ1n) is 4.07. The van der Waals surface area contributed by atoms with E-state index in [2.05, 4.69) is 30.5 Å². The third-order valence-electron chi connectivity index (χ3n) is 1.64. The van der Waals surface area contributed by atoms with Crippen LogP contribution >= 0.6 is 22.9 Å². The minimum absolute atomic E-state index is 0.724. The van der Waals surface area contributed by atoms with Gasteiger partial charge in [-0.1, -0.05) is 17.7 Å². The molecule has 1 aromatic heterocycles. The Labute approximate surface area is 82.9 Å². The van der Waals surface area contributed by atoms with Crippen LogP contribution in [0.25, 0.3) is 0 Å². The van der Waals surface area contributed by atoms with Crippen LogP contribution in [0.2, 0.25) is 0 Å². The number of hydrogen-bond acceptors (Lipinski definition) is 1. The molecule has 1 aromatic rings. The highest BCUT2D eigenvalue weighted by Gasteiger charge is 1.94. The fraction of sp³-hybridized carbons (Fsp3) is 0.400. The molecule has 0 aromatic carbocycles. The van der Waals surface area contributed by atoms with Crippen LogP contribution < -0.4 is 0 Å². The SMILES string of the molecule is CC(=CCCCl)Cc1cccs1. The second kappa shape index (κ2) is 5.39. The van der Waals surface area contributed by atoms with Crippen LogP contribution in [0.1, 0.15) is 18.2 Å². The van der Waals surface area contributed by atoms with Gasteiger partial charge < -0.3 is 0 Å². The predicted molar refractivity (Wildman–Crippen MR) is 57.1 cm³/mol. The van der Waals surface area contributed by atoms with E-state index in [0.29, 0.717) is 0 Å². The van der Waals surface area contributed by atoms with E-state index in [1.807, 2.05) is 11.3 Å². The maximum absolute atomic E-state index is 5.59. The zero-order valence-electron chi connectivity index (χ0n) is 7.22. The Hall–Kier alpha value is -0.270. The van der Waals surface area contributed by atoms with Gasteiger partial charge in [0.25, 0.3) is 0 Å². The lowest BCUT2D eigenvalue weighted by molar-refractivity contribution is 1.11. The van der Waals surface area contributed by atoms with Gasteiger partial charge in [0, 0.05) is 17.2 Å². The summed E-state index contributed by atoms with van der Waals surface area (Å²) in [5, 5.41) is 2.12. The van der Waals surface area contributed by atoms with Crippen LogP contribution in [0.4, 0.5) is 0 Å². The minimum atomic E-state index is 0.724. The van der Waals surface area contributed by atoms with Crippen molar-refractivity contribution in [3.63, 3.8) is 0 Å². The molecule has 0 bridgehead atoms. The Kier molecular flexibility index (Phi) is 4.41. The van der Waals surface area contributed by atoms with Gasteiger partial charge in [0.2, 0.25) is 0 Å². The monoisotopic (exact) mass is 200 g/mol. The van der Waals surface area contributed by atoms with Gasteiger partial charge in [-0.25, -0.2) is 0 Å². The normalized spacial score (nSPS) is 12.0. The highest BCUT2D eigenvalue weighted by molar-refractivity contribution is 7.09. The van der Waals surface area contributed by atoms with E-state index in [4.69, 9.17) is 11.6 Å². The Morgan fingerprint density at radius 3 is 3.08 bits per heavy atom. The van der Waals surface area contributed by atoms with Crippen molar-refractivity contribution in [3.05, 3.63) is 34.0 Å². The van der Waals surface area contributed by atoms with Crippen LogP contribution in [0.5, 0.6) is 0 Å². The number of halogens is 1. The predicted octanol–water partition coefficient (Wildman–Crippen LogP) is 3.87. The van der Waals surface area contributed by atoms with Gasteiger partial charge in [-0.05, 0) is 24.8 Å².